The molecule has 0 aliphatic rings. The Morgan fingerprint density at radius 3 is 2.61 bits per heavy atom. The predicted molar refractivity (Wildman–Crippen MR) is 86.9 cm³/mol. The Balaban J connectivity index is 1.84. The molecule has 0 spiro atoms. The van der Waals surface area contributed by atoms with Crippen molar-refractivity contribution in [2.24, 2.45) is 7.05 Å². The average Bonchev–Trinajstić information content (AvgIpc) is 3.00. The van der Waals surface area contributed by atoms with Gasteiger partial charge in [0.1, 0.15) is 0 Å². The quantitative estimate of drug-likeness (QED) is 0.777. The standard InChI is InChI=1S/C16H16N4O2S/c1-20-12-14(10-18-20)16-13(6-5-9-17-16)11-19-23(21,22)15-7-3-2-4-8-15/h2-10,12,19H,11H2,1H3. The number of hydrogen-bond acceptors (Lipinski definition) is 4. The molecule has 0 amide bonds. The van der Waals surface area contributed by atoms with E-state index >= 15 is 0 Å². The molecular formula is C16H16N4O2S. The van der Waals surface area contributed by atoms with Gasteiger partial charge in [0.15, 0.2) is 0 Å². The fourth-order valence-electron chi connectivity index (χ4n) is 2.24. The van der Waals surface area contributed by atoms with Crippen molar-refractivity contribution in [2.45, 2.75) is 11.4 Å². The van der Waals surface area contributed by atoms with Crippen LogP contribution in [0.15, 0.2) is 66.0 Å². The van der Waals surface area contributed by atoms with E-state index in [0.29, 0.717) is 0 Å². The molecule has 0 radical (unpaired) electrons. The van der Waals surface area contributed by atoms with Crippen LogP contribution in [0.3, 0.4) is 0 Å². The van der Waals surface area contributed by atoms with Crippen LogP contribution < -0.4 is 4.72 Å². The average molecular weight is 328 g/mol. The summed E-state index contributed by atoms with van der Waals surface area (Å²) in [4.78, 5) is 4.59. The summed E-state index contributed by atoms with van der Waals surface area (Å²) in [5.74, 6) is 0. The zero-order chi connectivity index (χ0) is 16.3. The summed E-state index contributed by atoms with van der Waals surface area (Å²) in [6.07, 6.45) is 5.23. The van der Waals surface area contributed by atoms with Gasteiger partial charge in [-0.25, -0.2) is 13.1 Å². The number of sulfonamides is 1. The van der Waals surface area contributed by atoms with Crippen LogP contribution in [0.25, 0.3) is 11.3 Å². The lowest BCUT2D eigenvalue weighted by atomic mass is 10.1. The van der Waals surface area contributed by atoms with Gasteiger partial charge in [0.2, 0.25) is 10.0 Å². The zero-order valence-corrected chi connectivity index (χ0v) is 13.4. The van der Waals surface area contributed by atoms with Crippen LogP contribution in [0, 0.1) is 0 Å². The van der Waals surface area contributed by atoms with Crippen molar-refractivity contribution in [2.75, 3.05) is 0 Å². The first kappa shape index (κ1) is 15.4. The Bertz CT molecular complexity index is 905. The van der Waals surface area contributed by atoms with E-state index in [2.05, 4.69) is 14.8 Å². The molecule has 3 rings (SSSR count). The summed E-state index contributed by atoms with van der Waals surface area (Å²) in [6.45, 7) is 0.162. The van der Waals surface area contributed by atoms with E-state index in [0.717, 1.165) is 16.8 Å². The molecule has 0 saturated carbocycles. The number of aryl methyl sites for hydroxylation is 1. The van der Waals surface area contributed by atoms with Crippen molar-refractivity contribution < 1.29 is 8.42 Å². The molecule has 7 heteroatoms. The third kappa shape index (κ3) is 3.46. The Morgan fingerprint density at radius 1 is 1.13 bits per heavy atom. The highest BCUT2D eigenvalue weighted by Crippen LogP contribution is 2.20. The highest BCUT2D eigenvalue weighted by molar-refractivity contribution is 7.89. The molecule has 3 aromatic rings. The maximum absolute atomic E-state index is 12.3. The summed E-state index contributed by atoms with van der Waals surface area (Å²) in [6, 6.07) is 11.9. The molecule has 0 atom stereocenters. The van der Waals surface area contributed by atoms with Gasteiger partial charge in [-0.15, -0.1) is 0 Å². The summed E-state index contributed by atoms with van der Waals surface area (Å²) < 4.78 is 28.9. The van der Waals surface area contributed by atoms with Crippen molar-refractivity contribution in [1.29, 1.82) is 0 Å². The normalized spacial score (nSPS) is 11.5. The molecule has 23 heavy (non-hydrogen) atoms. The summed E-state index contributed by atoms with van der Waals surface area (Å²) in [5, 5.41) is 4.13. The van der Waals surface area contributed by atoms with E-state index in [1.807, 2.05) is 19.3 Å². The zero-order valence-electron chi connectivity index (χ0n) is 12.5. The Labute approximate surface area is 134 Å². The Morgan fingerprint density at radius 2 is 1.91 bits per heavy atom. The van der Waals surface area contributed by atoms with Crippen LogP contribution in [-0.4, -0.2) is 23.2 Å². The van der Waals surface area contributed by atoms with Gasteiger partial charge < -0.3 is 0 Å². The third-order valence-electron chi connectivity index (χ3n) is 3.38. The van der Waals surface area contributed by atoms with Crippen LogP contribution in [0.4, 0.5) is 0 Å². The van der Waals surface area contributed by atoms with E-state index in [9.17, 15) is 8.42 Å². The molecule has 0 saturated heterocycles. The molecule has 1 aromatic carbocycles. The van der Waals surface area contributed by atoms with Gasteiger partial charge >= 0.3 is 0 Å². The van der Waals surface area contributed by atoms with Gasteiger partial charge in [-0.05, 0) is 23.8 Å². The van der Waals surface area contributed by atoms with Crippen LogP contribution in [0.1, 0.15) is 5.56 Å². The fourth-order valence-corrected chi connectivity index (χ4v) is 3.27. The lowest BCUT2D eigenvalue weighted by Gasteiger charge is -2.09. The lowest BCUT2D eigenvalue weighted by molar-refractivity contribution is 0.581. The first-order chi connectivity index (χ1) is 11.1. The van der Waals surface area contributed by atoms with Crippen LogP contribution >= 0.6 is 0 Å². The molecule has 0 fully saturated rings. The minimum atomic E-state index is -3.55. The maximum Gasteiger partial charge on any atom is 0.240 e. The molecule has 0 aliphatic heterocycles. The van der Waals surface area contributed by atoms with Gasteiger partial charge in [-0.2, -0.15) is 5.10 Å². The first-order valence-corrected chi connectivity index (χ1v) is 8.52. The Hall–Kier alpha value is -2.51. The van der Waals surface area contributed by atoms with E-state index in [1.165, 1.54) is 0 Å². The molecule has 2 heterocycles. The molecule has 6 nitrogen and oxygen atoms in total. The van der Waals surface area contributed by atoms with E-state index in [4.69, 9.17) is 0 Å². The number of nitrogens with one attached hydrogen (secondary N) is 1. The van der Waals surface area contributed by atoms with Crippen LogP contribution in [0.5, 0.6) is 0 Å². The van der Waals surface area contributed by atoms with Crippen molar-refractivity contribution in [3.63, 3.8) is 0 Å². The van der Waals surface area contributed by atoms with E-state index in [1.54, 1.807) is 53.5 Å². The minimum absolute atomic E-state index is 0.162. The molecule has 0 aliphatic carbocycles. The topological polar surface area (TPSA) is 76.9 Å². The van der Waals surface area contributed by atoms with Gasteiger partial charge in [0.25, 0.3) is 0 Å². The number of rotatable bonds is 5. The first-order valence-electron chi connectivity index (χ1n) is 7.04. The fraction of sp³-hybridized carbons (Fsp3) is 0.125. The minimum Gasteiger partial charge on any atom is -0.275 e. The summed E-state index contributed by atoms with van der Waals surface area (Å²) in [7, 11) is -1.73. The van der Waals surface area contributed by atoms with Gasteiger partial charge in [0, 0.05) is 31.5 Å². The van der Waals surface area contributed by atoms with Crippen molar-refractivity contribution in [3.8, 4) is 11.3 Å². The Kier molecular flexibility index (Phi) is 4.22. The van der Waals surface area contributed by atoms with E-state index < -0.39 is 10.0 Å². The summed E-state index contributed by atoms with van der Waals surface area (Å²) >= 11 is 0. The summed E-state index contributed by atoms with van der Waals surface area (Å²) in [5.41, 5.74) is 2.36. The number of benzene rings is 1. The van der Waals surface area contributed by atoms with Gasteiger partial charge in [-0.1, -0.05) is 24.3 Å². The predicted octanol–water partition coefficient (Wildman–Crippen LogP) is 1.96. The van der Waals surface area contributed by atoms with Crippen molar-refractivity contribution in [3.05, 3.63) is 66.6 Å². The third-order valence-corrected chi connectivity index (χ3v) is 4.79. The second-order valence-electron chi connectivity index (χ2n) is 5.05. The number of pyridine rings is 1. The molecule has 0 unspecified atom stereocenters. The molecule has 2 aromatic heterocycles. The molecule has 1 N–H and O–H groups in total. The molecule has 0 bridgehead atoms. The molecule has 118 valence electrons. The number of nitrogens with zero attached hydrogens (tertiary/aromatic N) is 3. The van der Waals surface area contributed by atoms with Gasteiger partial charge in [-0.3, -0.25) is 9.67 Å². The largest absolute Gasteiger partial charge is 0.275 e. The van der Waals surface area contributed by atoms with Crippen LogP contribution in [-0.2, 0) is 23.6 Å². The highest BCUT2D eigenvalue weighted by Gasteiger charge is 2.15. The smallest absolute Gasteiger partial charge is 0.240 e. The van der Waals surface area contributed by atoms with Crippen molar-refractivity contribution >= 4 is 10.0 Å². The van der Waals surface area contributed by atoms with E-state index in [-0.39, 0.29) is 11.4 Å². The van der Waals surface area contributed by atoms with Crippen LogP contribution in [0.2, 0.25) is 0 Å². The van der Waals surface area contributed by atoms with Gasteiger partial charge in [0.05, 0.1) is 16.8 Å². The lowest BCUT2D eigenvalue weighted by Crippen LogP contribution is -2.23. The second kappa shape index (κ2) is 6.31. The monoisotopic (exact) mass is 328 g/mol. The second-order valence-corrected chi connectivity index (χ2v) is 6.82. The number of aromatic nitrogens is 3. The number of hydrogen-bond donors (Lipinski definition) is 1. The maximum atomic E-state index is 12.3. The molecular weight excluding hydrogens is 312 g/mol. The highest BCUT2D eigenvalue weighted by atomic mass is 32.2. The van der Waals surface area contributed by atoms with Crippen molar-refractivity contribution in [1.82, 2.24) is 19.5 Å². The SMILES string of the molecule is Cn1cc(-c2ncccc2CNS(=O)(=O)c2ccccc2)cn1.